The highest BCUT2D eigenvalue weighted by molar-refractivity contribution is 5.91. The van der Waals surface area contributed by atoms with E-state index in [-0.39, 0.29) is 5.97 Å². The molecule has 0 aliphatic heterocycles. The Morgan fingerprint density at radius 2 is 1.67 bits per heavy atom. The highest BCUT2D eigenvalue weighted by atomic mass is 16.6. The second-order valence-corrected chi connectivity index (χ2v) is 6.22. The van der Waals surface area contributed by atoms with E-state index in [2.05, 4.69) is 13.0 Å². The van der Waals surface area contributed by atoms with Crippen molar-refractivity contribution < 1.29 is 14.3 Å². The summed E-state index contributed by atoms with van der Waals surface area (Å²) in [5.41, 5.74) is 0.673. The summed E-state index contributed by atoms with van der Waals surface area (Å²) >= 11 is 0. The predicted octanol–water partition coefficient (Wildman–Crippen LogP) is 4.26. The highest BCUT2D eigenvalue weighted by Gasteiger charge is 2.23. The van der Waals surface area contributed by atoms with E-state index in [1.54, 1.807) is 6.92 Å². The number of aryl methyl sites for hydroxylation is 1. The molecule has 2 aromatic rings. The van der Waals surface area contributed by atoms with Gasteiger partial charge in [0, 0.05) is 5.39 Å². The molecule has 2 rings (SSSR count). The molecule has 3 nitrogen and oxygen atoms in total. The second kappa shape index (κ2) is 5.76. The third-order valence-corrected chi connectivity index (χ3v) is 3.14. The Bertz CT molecular complexity index is 653. The maximum absolute atomic E-state index is 12.0. The van der Waals surface area contributed by atoms with E-state index in [4.69, 9.17) is 9.47 Å². The second-order valence-electron chi connectivity index (χ2n) is 6.22. The zero-order chi connectivity index (χ0) is 15.6. The fraction of sp³-hybridized carbons (Fsp3) is 0.389. The minimum atomic E-state index is -0.643. The molecule has 0 aliphatic rings. The molecule has 2 aromatic carbocycles. The molecule has 3 heteroatoms. The first-order valence-corrected chi connectivity index (χ1v) is 7.16. The Morgan fingerprint density at radius 1 is 1.05 bits per heavy atom. The first kappa shape index (κ1) is 15.4. The van der Waals surface area contributed by atoms with Crippen LogP contribution in [0.3, 0.4) is 0 Å². The first-order chi connectivity index (χ1) is 9.78. The van der Waals surface area contributed by atoms with Gasteiger partial charge in [0.15, 0.2) is 6.10 Å². The van der Waals surface area contributed by atoms with Crippen LogP contribution in [-0.2, 0) is 9.53 Å². The third-order valence-electron chi connectivity index (χ3n) is 3.14. The predicted molar refractivity (Wildman–Crippen MR) is 84.6 cm³/mol. The summed E-state index contributed by atoms with van der Waals surface area (Å²) in [5.74, 6) is 0.349. The number of hydrogen-bond donors (Lipinski definition) is 0. The van der Waals surface area contributed by atoms with Crippen LogP contribution in [0.25, 0.3) is 10.8 Å². The monoisotopic (exact) mass is 286 g/mol. The molecule has 112 valence electrons. The van der Waals surface area contributed by atoms with Gasteiger partial charge in [-0.3, -0.25) is 0 Å². The van der Waals surface area contributed by atoms with Gasteiger partial charge in [0.25, 0.3) is 0 Å². The van der Waals surface area contributed by atoms with Gasteiger partial charge in [-0.25, -0.2) is 4.79 Å². The minimum Gasteiger partial charge on any atom is -0.478 e. The van der Waals surface area contributed by atoms with Crippen molar-refractivity contribution in [2.24, 2.45) is 0 Å². The van der Waals surface area contributed by atoms with Crippen molar-refractivity contribution >= 4 is 16.7 Å². The Labute approximate surface area is 125 Å². The number of esters is 1. The smallest absolute Gasteiger partial charge is 0.347 e. The summed E-state index contributed by atoms with van der Waals surface area (Å²) in [6, 6.07) is 11.9. The largest absolute Gasteiger partial charge is 0.478 e. The van der Waals surface area contributed by atoms with Gasteiger partial charge in [-0.1, -0.05) is 30.3 Å². The molecule has 0 aliphatic carbocycles. The van der Waals surface area contributed by atoms with E-state index in [0.717, 1.165) is 10.8 Å². The van der Waals surface area contributed by atoms with E-state index >= 15 is 0 Å². The quantitative estimate of drug-likeness (QED) is 0.791. The number of benzene rings is 2. The van der Waals surface area contributed by atoms with Crippen molar-refractivity contribution in [2.45, 2.75) is 46.3 Å². The van der Waals surface area contributed by atoms with Crippen LogP contribution in [0.5, 0.6) is 5.75 Å². The molecule has 0 amide bonds. The van der Waals surface area contributed by atoms with Crippen LogP contribution in [0.1, 0.15) is 33.3 Å². The third kappa shape index (κ3) is 3.75. The van der Waals surface area contributed by atoms with Crippen molar-refractivity contribution in [3.63, 3.8) is 0 Å². The number of hydrogen-bond acceptors (Lipinski definition) is 3. The number of rotatable bonds is 3. The fourth-order valence-corrected chi connectivity index (χ4v) is 2.15. The Hall–Kier alpha value is -2.03. The van der Waals surface area contributed by atoms with Gasteiger partial charge < -0.3 is 9.47 Å². The van der Waals surface area contributed by atoms with E-state index in [1.165, 1.54) is 5.56 Å². The van der Waals surface area contributed by atoms with Crippen LogP contribution in [0.2, 0.25) is 0 Å². The number of fused-ring (bicyclic) bond motifs is 1. The summed E-state index contributed by atoms with van der Waals surface area (Å²) in [6.07, 6.45) is -0.643. The first-order valence-electron chi connectivity index (χ1n) is 7.16. The van der Waals surface area contributed by atoms with Gasteiger partial charge in [-0.05, 0) is 51.6 Å². The molecular weight excluding hydrogens is 264 g/mol. The summed E-state index contributed by atoms with van der Waals surface area (Å²) < 4.78 is 11.2. The average molecular weight is 286 g/mol. The SMILES string of the molecule is Cc1ccc(O[C@H](C)C(=O)OC(C)(C)C)c2ccccc12. The molecule has 0 saturated heterocycles. The Morgan fingerprint density at radius 3 is 2.29 bits per heavy atom. The van der Waals surface area contributed by atoms with Gasteiger partial charge >= 0.3 is 5.97 Å². The van der Waals surface area contributed by atoms with E-state index in [1.807, 2.05) is 51.1 Å². The lowest BCUT2D eigenvalue weighted by Crippen LogP contribution is -2.33. The zero-order valence-electron chi connectivity index (χ0n) is 13.3. The van der Waals surface area contributed by atoms with Gasteiger partial charge in [0.05, 0.1) is 0 Å². The van der Waals surface area contributed by atoms with Crippen molar-refractivity contribution in [1.29, 1.82) is 0 Å². The topological polar surface area (TPSA) is 35.5 Å². The van der Waals surface area contributed by atoms with E-state index < -0.39 is 11.7 Å². The summed E-state index contributed by atoms with van der Waals surface area (Å²) in [6.45, 7) is 9.31. The highest BCUT2D eigenvalue weighted by Crippen LogP contribution is 2.29. The van der Waals surface area contributed by atoms with Crippen molar-refractivity contribution in [1.82, 2.24) is 0 Å². The van der Waals surface area contributed by atoms with Gasteiger partial charge in [-0.15, -0.1) is 0 Å². The molecular formula is C18H22O3. The van der Waals surface area contributed by atoms with Gasteiger partial charge in [0.2, 0.25) is 0 Å². The minimum absolute atomic E-state index is 0.354. The molecule has 0 saturated carbocycles. The number of ether oxygens (including phenoxy) is 2. The lowest BCUT2D eigenvalue weighted by atomic mass is 10.0. The molecule has 0 aromatic heterocycles. The molecule has 0 N–H and O–H groups in total. The maximum atomic E-state index is 12.0. The molecule has 0 radical (unpaired) electrons. The number of carbonyl (C=O) groups excluding carboxylic acids is 1. The molecule has 1 atom stereocenters. The van der Waals surface area contributed by atoms with Crippen LogP contribution in [0.15, 0.2) is 36.4 Å². The average Bonchev–Trinajstić information content (AvgIpc) is 2.40. The van der Waals surface area contributed by atoms with Crippen molar-refractivity contribution in [3.8, 4) is 5.75 Å². The van der Waals surface area contributed by atoms with Gasteiger partial charge in [-0.2, -0.15) is 0 Å². The molecule has 0 spiro atoms. The van der Waals surface area contributed by atoms with Crippen LogP contribution < -0.4 is 4.74 Å². The lowest BCUT2D eigenvalue weighted by molar-refractivity contribution is -0.162. The Balaban J connectivity index is 2.24. The van der Waals surface area contributed by atoms with Crippen LogP contribution in [0, 0.1) is 6.92 Å². The van der Waals surface area contributed by atoms with Crippen molar-refractivity contribution in [3.05, 3.63) is 42.0 Å². The fourth-order valence-electron chi connectivity index (χ4n) is 2.15. The zero-order valence-corrected chi connectivity index (χ0v) is 13.3. The van der Waals surface area contributed by atoms with Crippen LogP contribution in [-0.4, -0.2) is 17.7 Å². The molecule has 21 heavy (non-hydrogen) atoms. The normalized spacial score (nSPS) is 13.0. The number of carbonyl (C=O) groups is 1. The molecule has 0 bridgehead atoms. The maximum Gasteiger partial charge on any atom is 0.347 e. The molecule has 0 fully saturated rings. The molecule has 0 heterocycles. The Kier molecular flexibility index (Phi) is 4.21. The summed E-state index contributed by atoms with van der Waals surface area (Å²) in [5, 5.41) is 2.14. The standard InChI is InChI=1S/C18H22O3/c1-12-10-11-16(15-9-7-6-8-14(12)15)20-13(2)17(19)21-18(3,4)5/h6-11,13H,1-5H3/t13-/m1/s1. The summed E-state index contributed by atoms with van der Waals surface area (Å²) in [4.78, 5) is 12.0. The molecule has 0 unspecified atom stereocenters. The lowest BCUT2D eigenvalue weighted by Gasteiger charge is -2.23. The van der Waals surface area contributed by atoms with Crippen LogP contribution >= 0.6 is 0 Å². The summed E-state index contributed by atoms with van der Waals surface area (Å²) in [7, 11) is 0. The van der Waals surface area contributed by atoms with Gasteiger partial charge in [0.1, 0.15) is 11.4 Å². The van der Waals surface area contributed by atoms with E-state index in [0.29, 0.717) is 5.75 Å². The van der Waals surface area contributed by atoms with Crippen molar-refractivity contribution in [2.75, 3.05) is 0 Å². The van der Waals surface area contributed by atoms with Crippen LogP contribution in [0.4, 0.5) is 0 Å². The van der Waals surface area contributed by atoms with E-state index in [9.17, 15) is 4.79 Å².